The van der Waals surface area contributed by atoms with Crippen LogP contribution in [-0.2, 0) is 6.54 Å². The maximum absolute atomic E-state index is 5.76. The summed E-state index contributed by atoms with van der Waals surface area (Å²) in [7, 11) is 0. The Labute approximate surface area is 88.1 Å². The molecular formula is C11H13N3O. The van der Waals surface area contributed by atoms with E-state index in [0.717, 1.165) is 17.2 Å². The van der Waals surface area contributed by atoms with E-state index < -0.39 is 0 Å². The van der Waals surface area contributed by atoms with Crippen molar-refractivity contribution in [2.45, 2.75) is 13.5 Å². The van der Waals surface area contributed by atoms with Crippen molar-refractivity contribution in [2.24, 2.45) is 0 Å². The fraction of sp³-hybridized carbons (Fsp3) is 0.182. The van der Waals surface area contributed by atoms with Crippen LogP contribution < -0.4 is 11.1 Å². The predicted molar refractivity (Wildman–Crippen MR) is 59.4 cm³/mol. The number of pyridine rings is 1. The standard InChI is InChI=1S/C11H13N3O/c1-8-2-3-9(15-8)6-14-11-7-13-5-4-10(11)12/h2-5,7,14H,6H2,1H3,(H2,12,13). The average molecular weight is 203 g/mol. The van der Waals surface area contributed by atoms with Crippen LogP contribution >= 0.6 is 0 Å². The van der Waals surface area contributed by atoms with Crippen molar-refractivity contribution in [2.75, 3.05) is 11.1 Å². The fourth-order valence-electron chi connectivity index (χ4n) is 1.32. The van der Waals surface area contributed by atoms with E-state index >= 15 is 0 Å². The van der Waals surface area contributed by atoms with Gasteiger partial charge in [0.25, 0.3) is 0 Å². The lowest BCUT2D eigenvalue weighted by Gasteiger charge is -2.06. The van der Waals surface area contributed by atoms with Gasteiger partial charge in [-0.1, -0.05) is 0 Å². The minimum atomic E-state index is 0.615. The highest BCUT2D eigenvalue weighted by Crippen LogP contribution is 2.16. The lowest BCUT2D eigenvalue weighted by molar-refractivity contribution is 0.490. The van der Waals surface area contributed by atoms with E-state index in [4.69, 9.17) is 10.2 Å². The number of aryl methyl sites for hydroxylation is 1. The molecule has 2 aromatic rings. The number of furan rings is 1. The molecule has 0 aliphatic heterocycles. The summed E-state index contributed by atoms with van der Waals surface area (Å²) in [5, 5.41) is 3.16. The molecule has 0 aromatic carbocycles. The van der Waals surface area contributed by atoms with Gasteiger partial charge in [-0.05, 0) is 25.1 Å². The third kappa shape index (κ3) is 2.28. The van der Waals surface area contributed by atoms with Crippen LogP contribution in [0.2, 0.25) is 0 Å². The number of nitrogen functional groups attached to an aromatic ring is 1. The molecule has 0 unspecified atom stereocenters. The molecule has 0 amide bonds. The van der Waals surface area contributed by atoms with Gasteiger partial charge in [-0.2, -0.15) is 0 Å². The first kappa shape index (κ1) is 9.58. The van der Waals surface area contributed by atoms with Gasteiger partial charge in [-0.25, -0.2) is 0 Å². The monoisotopic (exact) mass is 203 g/mol. The molecular weight excluding hydrogens is 190 g/mol. The van der Waals surface area contributed by atoms with Crippen LogP contribution in [0.1, 0.15) is 11.5 Å². The highest BCUT2D eigenvalue weighted by atomic mass is 16.3. The normalized spacial score (nSPS) is 10.2. The fourth-order valence-corrected chi connectivity index (χ4v) is 1.32. The van der Waals surface area contributed by atoms with Crippen molar-refractivity contribution in [3.63, 3.8) is 0 Å². The van der Waals surface area contributed by atoms with Gasteiger partial charge < -0.3 is 15.5 Å². The van der Waals surface area contributed by atoms with E-state index in [1.165, 1.54) is 0 Å². The molecule has 0 atom stereocenters. The number of hydrogen-bond acceptors (Lipinski definition) is 4. The largest absolute Gasteiger partial charge is 0.465 e. The van der Waals surface area contributed by atoms with Gasteiger partial charge in [0.15, 0.2) is 0 Å². The van der Waals surface area contributed by atoms with Gasteiger partial charge >= 0.3 is 0 Å². The molecule has 0 fully saturated rings. The Hall–Kier alpha value is -1.97. The summed E-state index contributed by atoms with van der Waals surface area (Å²) >= 11 is 0. The number of nitrogens with two attached hydrogens (primary N) is 1. The Morgan fingerprint density at radius 3 is 2.93 bits per heavy atom. The zero-order chi connectivity index (χ0) is 10.7. The molecule has 0 radical (unpaired) electrons. The number of nitrogens with zero attached hydrogens (tertiary/aromatic N) is 1. The van der Waals surface area contributed by atoms with Crippen molar-refractivity contribution >= 4 is 11.4 Å². The van der Waals surface area contributed by atoms with Crippen LogP contribution in [0.3, 0.4) is 0 Å². The molecule has 3 N–H and O–H groups in total. The maximum Gasteiger partial charge on any atom is 0.123 e. The molecule has 0 bridgehead atoms. The molecule has 0 aliphatic carbocycles. The van der Waals surface area contributed by atoms with Gasteiger partial charge in [-0.15, -0.1) is 0 Å². The summed E-state index contributed by atoms with van der Waals surface area (Å²) in [6, 6.07) is 5.63. The predicted octanol–water partition coefficient (Wildman–Crippen LogP) is 2.18. The molecule has 2 aromatic heterocycles. The second kappa shape index (κ2) is 4.04. The Morgan fingerprint density at radius 1 is 1.40 bits per heavy atom. The summed E-state index contributed by atoms with van der Waals surface area (Å²) in [5.74, 6) is 1.79. The van der Waals surface area contributed by atoms with E-state index in [9.17, 15) is 0 Å². The number of aromatic nitrogens is 1. The lowest BCUT2D eigenvalue weighted by atomic mass is 10.3. The second-order valence-electron chi connectivity index (χ2n) is 3.33. The lowest BCUT2D eigenvalue weighted by Crippen LogP contribution is -2.01. The summed E-state index contributed by atoms with van der Waals surface area (Å²) in [4.78, 5) is 3.99. The Balaban J connectivity index is 2.02. The van der Waals surface area contributed by atoms with Crippen molar-refractivity contribution in [1.29, 1.82) is 0 Å². The van der Waals surface area contributed by atoms with E-state index in [1.54, 1.807) is 18.5 Å². The van der Waals surface area contributed by atoms with E-state index in [2.05, 4.69) is 10.3 Å². The molecule has 4 heteroatoms. The number of nitrogens with one attached hydrogen (secondary N) is 1. The minimum Gasteiger partial charge on any atom is -0.465 e. The van der Waals surface area contributed by atoms with Crippen molar-refractivity contribution in [1.82, 2.24) is 4.98 Å². The van der Waals surface area contributed by atoms with Crippen molar-refractivity contribution in [3.05, 3.63) is 42.1 Å². The molecule has 78 valence electrons. The Morgan fingerprint density at radius 2 is 2.27 bits per heavy atom. The third-order valence-electron chi connectivity index (χ3n) is 2.10. The summed E-state index contributed by atoms with van der Waals surface area (Å²) < 4.78 is 5.42. The molecule has 15 heavy (non-hydrogen) atoms. The molecule has 2 heterocycles. The van der Waals surface area contributed by atoms with Crippen LogP contribution in [0.15, 0.2) is 35.0 Å². The summed E-state index contributed by atoms with van der Waals surface area (Å²) in [5.41, 5.74) is 7.27. The molecule has 0 aliphatic rings. The first-order valence-electron chi connectivity index (χ1n) is 4.74. The van der Waals surface area contributed by atoms with E-state index in [0.29, 0.717) is 12.2 Å². The van der Waals surface area contributed by atoms with Gasteiger partial charge in [0.1, 0.15) is 11.5 Å². The number of anilines is 2. The molecule has 0 spiro atoms. The van der Waals surface area contributed by atoms with Crippen LogP contribution in [-0.4, -0.2) is 4.98 Å². The topological polar surface area (TPSA) is 64.1 Å². The number of hydrogen-bond donors (Lipinski definition) is 2. The zero-order valence-corrected chi connectivity index (χ0v) is 8.53. The van der Waals surface area contributed by atoms with E-state index in [-0.39, 0.29) is 0 Å². The van der Waals surface area contributed by atoms with Gasteiger partial charge in [0, 0.05) is 6.20 Å². The second-order valence-corrected chi connectivity index (χ2v) is 3.33. The van der Waals surface area contributed by atoms with Crippen molar-refractivity contribution < 1.29 is 4.42 Å². The smallest absolute Gasteiger partial charge is 0.123 e. The highest BCUT2D eigenvalue weighted by Gasteiger charge is 2.00. The van der Waals surface area contributed by atoms with Crippen molar-refractivity contribution in [3.8, 4) is 0 Å². The van der Waals surface area contributed by atoms with Crippen LogP contribution in [0.25, 0.3) is 0 Å². The quantitative estimate of drug-likeness (QED) is 0.802. The average Bonchev–Trinajstić information content (AvgIpc) is 2.63. The molecule has 0 saturated carbocycles. The zero-order valence-electron chi connectivity index (χ0n) is 8.53. The highest BCUT2D eigenvalue weighted by molar-refractivity contribution is 5.63. The van der Waals surface area contributed by atoms with Crippen LogP contribution in [0.4, 0.5) is 11.4 Å². The Kier molecular flexibility index (Phi) is 2.58. The van der Waals surface area contributed by atoms with Crippen LogP contribution in [0.5, 0.6) is 0 Å². The van der Waals surface area contributed by atoms with Crippen LogP contribution in [0, 0.1) is 6.92 Å². The first-order valence-corrected chi connectivity index (χ1v) is 4.74. The molecule has 4 nitrogen and oxygen atoms in total. The summed E-state index contributed by atoms with van der Waals surface area (Å²) in [6.07, 6.45) is 3.36. The summed E-state index contributed by atoms with van der Waals surface area (Å²) in [6.45, 7) is 2.53. The Bertz CT molecular complexity index is 451. The third-order valence-corrected chi connectivity index (χ3v) is 2.10. The minimum absolute atomic E-state index is 0.615. The molecule has 2 rings (SSSR count). The molecule has 0 saturated heterocycles. The van der Waals surface area contributed by atoms with Gasteiger partial charge in [-0.3, -0.25) is 4.98 Å². The SMILES string of the molecule is Cc1ccc(CNc2cnccc2N)o1. The van der Waals surface area contributed by atoms with E-state index in [1.807, 2.05) is 19.1 Å². The van der Waals surface area contributed by atoms with Gasteiger partial charge in [0.2, 0.25) is 0 Å². The first-order chi connectivity index (χ1) is 7.25. The van der Waals surface area contributed by atoms with Gasteiger partial charge in [0.05, 0.1) is 24.1 Å². The maximum atomic E-state index is 5.76. The number of rotatable bonds is 3.